The van der Waals surface area contributed by atoms with E-state index in [2.05, 4.69) is 26.8 Å². The van der Waals surface area contributed by atoms with Crippen molar-refractivity contribution in [2.24, 2.45) is 16.7 Å². The van der Waals surface area contributed by atoms with Gasteiger partial charge in [0.2, 0.25) is 5.91 Å². The van der Waals surface area contributed by atoms with Crippen molar-refractivity contribution < 1.29 is 4.79 Å². The van der Waals surface area contributed by atoms with Gasteiger partial charge in [-0.2, -0.15) is 5.26 Å². The van der Waals surface area contributed by atoms with Crippen LogP contribution in [0.5, 0.6) is 0 Å². The molecule has 1 amide bonds. The zero-order chi connectivity index (χ0) is 14.0. The molecule has 1 fully saturated rings. The van der Waals surface area contributed by atoms with Gasteiger partial charge in [0.15, 0.2) is 0 Å². The Bertz CT molecular complexity index is 346. The highest BCUT2D eigenvalue weighted by Crippen LogP contribution is 2.34. The second-order valence-electron chi connectivity index (χ2n) is 7.02. The van der Waals surface area contributed by atoms with E-state index in [1.165, 1.54) is 6.42 Å². The summed E-state index contributed by atoms with van der Waals surface area (Å²) in [6.45, 7) is 11.8. The highest BCUT2D eigenvalue weighted by molar-refractivity contribution is 5.84. The molecule has 0 aromatic heterocycles. The molecule has 0 N–H and O–H groups in total. The Morgan fingerprint density at radius 1 is 1.17 bits per heavy atom. The van der Waals surface area contributed by atoms with Crippen LogP contribution in [-0.4, -0.2) is 23.9 Å². The van der Waals surface area contributed by atoms with Gasteiger partial charge >= 0.3 is 0 Å². The van der Waals surface area contributed by atoms with Gasteiger partial charge in [-0.25, -0.2) is 0 Å². The Labute approximate surface area is 111 Å². The Kier molecular flexibility index (Phi) is 4.42. The Hall–Kier alpha value is -1.04. The summed E-state index contributed by atoms with van der Waals surface area (Å²) in [5.74, 6) is 0.653. The Morgan fingerprint density at radius 2 is 1.78 bits per heavy atom. The van der Waals surface area contributed by atoms with Gasteiger partial charge in [0.1, 0.15) is 5.41 Å². The van der Waals surface area contributed by atoms with Crippen molar-refractivity contribution in [2.45, 2.75) is 53.9 Å². The maximum absolute atomic E-state index is 12.3. The second kappa shape index (κ2) is 5.30. The van der Waals surface area contributed by atoms with Crippen molar-refractivity contribution in [3.05, 3.63) is 0 Å². The molecule has 18 heavy (non-hydrogen) atoms. The SMILES string of the molecule is CC(C)(C#N)C(=O)N1CCCC(C(C)(C)C)CC1. The summed E-state index contributed by atoms with van der Waals surface area (Å²) in [5, 5.41) is 9.05. The summed E-state index contributed by atoms with van der Waals surface area (Å²) in [7, 11) is 0. The van der Waals surface area contributed by atoms with Crippen LogP contribution in [0.3, 0.4) is 0 Å². The normalized spacial score (nSPS) is 22.2. The molecule has 1 aliphatic rings. The van der Waals surface area contributed by atoms with E-state index < -0.39 is 5.41 Å². The van der Waals surface area contributed by atoms with Crippen molar-refractivity contribution >= 4 is 5.91 Å². The van der Waals surface area contributed by atoms with Crippen molar-refractivity contribution in [1.82, 2.24) is 4.90 Å². The summed E-state index contributed by atoms with van der Waals surface area (Å²) in [6, 6.07) is 2.11. The largest absolute Gasteiger partial charge is 0.341 e. The minimum Gasteiger partial charge on any atom is -0.341 e. The fourth-order valence-electron chi connectivity index (χ4n) is 2.61. The Morgan fingerprint density at radius 3 is 2.28 bits per heavy atom. The van der Waals surface area contributed by atoms with Crippen LogP contribution in [0.2, 0.25) is 0 Å². The van der Waals surface area contributed by atoms with E-state index in [1.807, 2.05) is 4.90 Å². The molecule has 3 nitrogen and oxygen atoms in total. The molecule has 0 saturated carbocycles. The lowest BCUT2D eigenvalue weighted by atomic mass is 9.77. The van der Waals surface area contributed by atoms with Crippen molar-refractivity contribution in [2.75, 3.05) is 13.1 Å². The van der Waals surface area contributed by atoms with Gasteiger partial charge in [0.05, 0.1) is 6.07 Å². The molecule has 1 saturated heterocycles. The van der Waals surface area contributed by atoms with Gasteiger partial charge in [-0.15, -0.1) is 0 Å². The number of hydrogen-bond donors (Lipinski definition) is 0. The van der Waals surface area contributed by atoms with E-state index in [9.17, 15) is 4.79 Å². The van der Waals surface area contributed by atoms with Gasteiger partial charge in [-0.1, -0.05) is 20.8 Å². The first-order valence-electron chi connectivity index (χ1n) is 6.89. The zero-order valence-corrected chi connectivity index (χ0v) is 12.4. The van der Waals surface area contributed by atoms with Gasteiger partial charge < -0.3 is 4.90 Å². The molecule has 1 heterocycles. The molecule has 0 aromatic carbocycles. The average Bonchev–Trinajstić information content (AvgIpc) is 2.52. The topological polar surface area (TPSA) is 44.1 Å². The van der Waals surface area contributed by atoms with Crippen LogP contribution in [-0.2, 0) is 4.79 Å². The fourth-order valence-corrected chi connectivity index (χ4v) is 2.61. The van der Waals surface area contributed by atoms with E-state index in [1.54, 1.807) is 13.8 Å². The van der Waals surface area contributed by atoms with E-state index in [4.69, 9.17) is 5.26 Å². The molecule has 1 rings (SSSR count). The first-order chi connectivity index (χ1) is 8.18. The maximum Gasteiger partial charge on any atom is 0.242 e. The molecule has 1 aliphatic heterocycles. The van der Waals surface area contributed by atoms with Gasteiger partial charge in [-0.3, -0.25) is 4.79 Å². The number of carbonyl (C=O) groups excluding carboxylic acids is 1. The highest BCUT2D eigenvalue weighted by Gasteiger charge is 2.34. The third-order valence-corrected chi connectivity index (χ3v) is 4.05. The number of rotatable bonds is 1. The van der Waals surface area contributed by atoms with Crippen LogP contribution < -0.4 is 0 Å². The van der Waals surface area contributed by atoms with E-state index in [0.29, 0.717) is 11.3 Å². The molecule has 3 heteroatoms. The van der Waals surface area contributed by atoms with Crippen LogP contribution in [0.4, 0.5) is 0 Å². The first-order valence-corrected chi connectivity index (χ1v) is 6.89. The minimum atomic E-state index is -0.887. The standard InChI is InChI=1S/C15H26N2O/c1-14(2,3)12-7-6-9-17(10-8-12)13(18)15(4,5)11-16/h12H,6-10H2,1-5H3. The highest BCUT2D eigenvalue weighted by atomic mass is 16.2. The number of nitrogens with zero attached hydrogens (tertiary/aromatic N) is 2. The molecule has 0 aromatic rings. The predicted octanol–water partition coefficient (Wildman–Crippen LogP) is 3.21. The summed E-state index contributed by atoms with van der Waals surface area (Å²) in [5.41, 5.74) is -0.578. The van der Waals surface area contributed by atoms with E-state index in [0.717, 1.165) is 25.9 Å². The molecule has 1 atom stereocenters. The lowest BCUT2D eigenvalue weighted by molar-refractivity contribution is -0.137. The van der Waals surface area contributed by atoms with Gasteiger partial charge in [0.25, 0.3) is 0 Å². The zero-order valence-electron chi connectivity index (χ0n) is 12.4. The Balaban J connectivity index is 2.69. The molecular formula is C15H26N2O. The predicted molar refractivity (Wildman–Crippen MR) is 72.8 cm³/mol. The van der Waals surface area contributed by atoms with Crippen molar-refractivity contribution in [3.8, 4) is 6.07 Å². The fraction of sp³-hybridized carbons (Fsp3) is 0.867. The molecule has 0 spiro atoms. The summed E-state index contributed by atoms with van der Waals surface area (Å²) >= 11 is 0. The first kappa shape index (κ1) is 15.0. The number of amides is 1. The van der Waals surface area contributed by atoms with E-state index in [-0.39, 0.29) is 5.91 Å². The second-order valence-corrected chi connectivity index (χ2v) is 7.02. The maximum atomic E-state index is 12.3. The van der Waals surface area contributed by atoms with Crippen LogP contribution in [0.15, 0.2) is 0 Å². The van der Waals surface area contributed by atoms with Crippen LogP contribution >= 0.6 is 0 Å². The monoisotopic (exact) mass is 250 g/mol. The number of nitriles is 1. The summed E-state index contributed by atoms with van der Waals surface area (Å²) in [4.78, 5) is 14.1. The molecule has 102 valence electrons. The van der Waals surface area contributed by atoms with Crippen molar-refractivity contribution in [3.63, 3.8) is 0 Å². The molecular weight excluding hydrogens is 224 g/mol. The lowest BCUT2D eigenvalue weighted by Gasteiger charge is -2.30. The molecule has 0 radical (unpaired) electrons. The smallest absolute Gasteiger partial charge is 0.242 e. The lowest BCUT2D eigenvalue weighted by Crippen LogP contribution is -2.41. The minimum absolute atomic E-state index is 0.0143. The summed E-state index contributed by atoms with van der Waals surface area (Å²) in [6.07, 6.45) is 3.28. The van der Waals surface area contributed by atoms with E-state index >= 15 is 0 Å². The van der Waals surface area contributed by atoms with Crippen molar-refractivity contribution in [1.29, 1.82) is 5.26 Å². The number of likely N-dealkylation sites (tertiary alicyclic amines) is 1. The molecule has 0 bridgehead atoms. The van der Waals surface area contributed by atoms with Gasteiger partial charge in [-0.05, 0) is 44.4 Å². The quantitative estimate of drug-likeness (QED) is 0.717. The van der Waals surface area contributed by atoms with Crippen LogP contribution in [0, 0.1) is 28.1 Å². The third kappa shape index (κ3) is 3.48. The van der Waals surface area contributed by atoms with Crippen LogP contribution in [0.25, 0.3) is 0 Å². The summed E-state index contributed by atoms with van der Waals surface area (Å²) < 4.78 is 0. The van der Waals surface area contributed by atoms with Crippen LogP contribution in [0.1, 0.15) is 53.9 Å². The molecule has 0 aliphatic carbocycles. The number of carbonyl (C=O) groups is 1. The third-order valence-electron chi connectivity index (χ3n) is 4.05. The molecule has 1 unspecified atom stereocenters. The number of hydrogen-bond acceptors (Lipinski definition) is 2. The average molecular weight is 250 g/mol. The van der Waals surface area contributed by atoms with Gasteiger partial charge in [0, 0.05) is 13.1 Å².